The Bertz CT molecular complexity index is 702. The molecular formula is C18H21Br2N3OS. The van der Waals surface area contributed by atoms with Gasteiger partial charge in [0.15, 0.2) is 5.11 Å². The maximum absolute atomic E-state index is 10.1. The maximum atomic E-state index is 10.1. The predicted molar refractivity (Wildman–Crippen MR) is 111 cm³/mol. The number of halogens is 2. The monoisotopic (exact) mass is 485 g/mol. The Morgan fingerprint density at radius 3 is 2.36 bits per heavy atom. The van der Waals surface area contributed by atoms with Crippen LogP contribution in [-0.2, 0) is 0 Å². The fraction of sp³-hybridized carbons (Fsp3) is 0.556. The van der Waals surface area contributed by atoms with Crippen molar-refractivity contribution in [3.05, 3.63) is 26.6 Å². The van der Waals surface area contributed by atoms with Crippen molar-refractivity contribution in [2.45, 2.75) is 44.1 Å². The molecule has 0 spiro atoms. The number of hydrogen-bond acceptors (Lipinski definition) is 3. The van der Waals surface area contributed by atoms with E-state index in [4.69, 9.17) is 12.2 Å². The smallest absolute Gasteiger partial charge is 0.187 e. The highest BCUT2D eigenvalue weighted by molar-refractivity contribution is 9.11. The first kappa shape index (κ1) is 17.7. The fourth-order valence-corrected chi connectivity index (χ4v) is 6.90. The van der Waals surface area contributed by atoms with Gasteiger partial charge in [0.1, 0.15) is 5.75 Å². The summed E-state index contributed by atoms with van der Waals surface area (Å²) in [4.78, 5) is 0. The molecule has 25 heavy (non-hydrogen) atoms. The molecule has 1 aromatic rings. The number of phenolic OH excluding ortho intramolecular Hbond substituents is 1. The van der Waals surface area contributed by atoms with Gasteiger partial charge in [-0.25, -0.2) is 0 Å². The number of hydrazone groups is 1. The number of nitrogens with zero attached hydrogens (tertiary/aromatic N) is 1. The van der Waals surface area contributed by atoms with Gasteiger partial charge in [-0.15, -0.1) is 0 Å². The number of nitrogens with one attached hydrogen (secondary N) is 2. The van der Waals surface area contributed by atoms with Crippen molar-refractivity contribution in [2.24, 2.45) is 22.9 Å². The average molecular weight is 487 g/mol. The van der Waals surface area contributed by atoms with E-state index in [0.717, 1.165) is 22.2 Å². The third kappa shape index (κ3) is 3.74. The van der Waals surface area contributed by atoms with Gasteiger partial charge in [0, 0.05) is 15.6 Å². The molecule has 4 saturated carbocycles. The summed E-state index contributed by atoms with van der Waals surface area (Å²) in [6, 6.07) is 3.60. The van der Waals surface area contributed by atoms with Gasteiger partial charge >= 0.3 is 0 Å². The zero-order valence-electron chi connectivity index (χ0n) is 13.8. The van der Waals surface area contributed by atoms with Crippen LogP contribution in [0.4, 0.5) is 0 Å². The molecule has 4 fully saturated rings. The van der Waals surface area contributed by atoms with Gasteiger partial charge < -0.3 is 10.4 Å². The molecule has 0 saturated heterocycles. The molecule has 4 bridgehead atoms. The van der Waals surface area contributed by atoms with Crippen molar-refractivity contribution >= 4 is 55.4 Å². The lowest BCUT2D eigenvalue weighted by Gasteiger charge is -2.57. The van der Waals surface area contributed by atoms with Crippen LogP contribution in [0.2, 0.25) is 0 Å². The van der Waals surface area contributed by atoms with Crippen LogP contribution >= 0.6 is 44.1 Å². The zero-order chi connectivity index (χ0) is 17.6. The zero-order valence-corrected chi connectivity index (χ0v) is 17.8. The largest absolute Gasteiger partial charge is 0.506 e. The Morgan fingerprint density at radius 2 is 1.76 bits per heavy atom. The summed E-state index contributed by atoms with van der Waals surface area (Å²) in [5.74, 6) is 2.79. The summed E-state index contributed by atoms with van der Waals surface area (Å²) in [7, 11) is 0. The number of rotatable bonds is 3. The standard InChI is InChI=1S/C18H21Br2N3OS/c19-14-4-13(16(24)15(20)5-14)9-21-23-17(25)22-18-6-10-1-11(7-18)3-12(2-10)8-18/h4-5,9-12,24H,1-3,6-8H2,(H2,22,23,25)/b21-9+. The maximum Gasteiger partial charge on any atom is 0.187 e. The lowest BCUT2D eigenvalue weighted by atomic mass is 9.53. The molecule has 4 nitrogen and oxygen atoms in total. The molecule has 1 aromatic carbocycles. The summed E-state index contributed by atoms with van der Waals surface area (Å²) >= 11 is 12.2. The number of hydrogen-bond donors (Lipinski definition) is 3. The minimum Gasteiger partial charge on any atom is -0.506 e. The Kier molecular flexibility index (Phi) is 4.84. The minimum atomic E-state index is 0.161. The lowest BCUT2D eigenvalue weighted by Crippen LogP contribution is -2.61. The molecule has 0 amide bonds. The number of aromatic hydroxyl groups is 1. The second kappa shape index (κ2) is 6.82. The van der Waals surface area contributed by atoms with E-state index >= 15 is 0 Å². The highest BCUT2D eigenvalue weighted by Crippen LogP contribution is 2.55. The first-order chi connectivity index (χ1) is 11.9. The Morgan fingerprint density at radius 1 is 1.16 bits per heavy atom. The van der Waals surface area contributed by atoms with Crippen LogP contribution in [0.5, 0.6) is 5.75 Å². The number of benzene rings is 1. The number of thiocarbonyl (C=S) groups is 1. The third-order valence-electron chi connectivity index (χ3n) is 5.84. The van der Waals surface area contributed by atoms with Crippen LogP contribution in [0.3, 0.4) is 0 Å². The van der Waals surface area contributed by atoms with Gasteiger partial charge in [-0.2, -0.15) is 5.10 Å². The summed E-state index contributed by atoms with van der Waals surface area (Å²) in [5.41, 5.74) is 3.71. The van der Waals surface area contributed by atoms with Crippen molar-refractivity contribution in [3.63, 3.8) is 0 Å². The van der Waals surface area contributed by atoms with Crippen molar-refractivity contribution in [3.8, 4) is 5.75 Å². The first-order valence-electron chi connectivity index (χ1n) is 8.72. The Hall–Kier alpha value is -0.660. The molecule has 0 heterocycles. The molecular weight excluding hydrogens is 466 g/mol. The second-order valence-electron chi connectivity index (χ2n) is 7.85. The molecule has 134 valence electrons. The van der Waals surface area contributed by atoms with Crippen molar-refractivity contribution in [1.29, 1.82) is 0 Å². The van der Waals surface area contributed by atoms with Crippen LogP contribution < -0.4 is 10.7 Å². The van der Waals surface area contributed by atoms with E-state index in [-0.39, 0.29) is 11.3 Å². The van der Waals surface area contributed by atoms with Gasteiger partial charge in [-0.3, -0.25) is 5.43 Å². The van der Waals surface area contributed by atoms with Crippen molar-refractivity contribution in [1.82, 2.24) is 10.7 Å². The molecule has 4 aliphatic carbocycles. The quantitative estimate of drug-likeness (QED) is 0.329. The van der Waals surface area contributed by atoms with E-state index in [9.17, 15) is 5.11 Å². The molecule has 5 rings (SSSR count). The Balaban J connectivity index is 1.39. The van der Waals surface area contributed by atoms with Crippen molar-refractivity contribution in [2.75, 3.05) is 0 Å². The molecule has 7 heteroatoms. The van der Waals surface area contributed by atoms with Gasteiger partial charge in [0.2, 0.25) is 0 Å². The van der Waals surface area contributed by atoms with Gasteiger partial charge in [-0.05, 0) is 96.6 Å². The van der Waals surface area contributed by atoms with Crippen molar-refractivity contribution < 1.29 is 5.11 Å². The van der Waals surface area contributed by atoms with E-state index in [1.54, 1.807) is 18.3 Å². The fourth-order valence-electron chi connectivity index (χ4n) is 5.38. The van der Waals surface area contributed by atoms with Crippen LogP contribution in [0.25, 0.3) is 0 Å². The van der Waals surface area contributed by atoms with Gasteiger partial charge in [0.25, 0.3) is 0 Å². The van der Waals surface area contributed by atoms with Crippen LogP contribution in [-0.4, -0.2) is 22.0 Å². The summed E-state index contributed by atoms with van der Waals surface area (Å²) < 4.78 is 1.49. The third-order valence-corrected chi connectivity index (χ3v) is 7.10. The van der Waals surface area contributed by atoms with Crippen LogP contribution in [0.1, 0.15) is 44.1 Å². The Labute approximate surface area is 170 Å². The summed E-state index contributed by atoms with van der Waals surface area (Å²) in [6.07, 6.45) is 9.54. The first-order valence-corrected chi connectivity index (χ1v) is 10.7. The van der Waals surface area contributed by atoms with E-state index in [1.807, 2.05) is 0 Å². The normalized spacial score (nSPS) is 33.0. The molecule has 0 unspecified atom stereocenters. The van der Waals surface area contributed by atoms with E-state index < -0.39 is 0 Å². The average Bonchev–Trinajstić information content (AvgIpc) is 2.50. The van der Waals surface area contributed by atoms with E-state index in [0.29, 0.717) is 15.1 Å². The summed E-state index contributed by atoms with van der Waals surface area (Å²) in [5, 5.41) is 18.4. The molecule has 4 aliphatic rings. The molecule has 0 radical (unpaired) electrons. The van der Waals surface area contributed by atoms with Crippen LogP contribution in [0.15, 0.2) is 26.2 Å². The highest BCUT2D eigenvalue weighted by Gasteiger charge is 2.51. The SMILES string of the molecule is Oc1c(Br)cc(Br)cc1/C=N/NC(=S)NC12CC3CC(CC(C3)C1)C2. The van der Waals surface area contributed by atoms with Gasteiger partial charge in [-0.1, -0.05) is 15.9 Å². The lowest BCUT2D eigenvalue weighted by molar-refractivity contribution is -0.0101. The molecule has 3 N–H and O–H groups in total. The minimum absolute atomic E-state index is 0.161. The molecule has 0 aromatic heterocycles. The van der Waals surface area contributed by atoms with Crippen LogP contribution in [0, 0.1) is 17.8 Å². The van der Waals surface area contributed by atoms with E-state index in [2.05, 4.69) is 47.7 Å². The van der Waals surface area contributed by atoms with E-state index in [1.165, 1.54) is 38.5 Å². The van der Waals surface area contributed by atoms with Gasteiger partial charge in [0.05, 0.1) is 10.7 Å². The predicted octanol–water partition coefficient (Wildman–Crippen LogP) is 4.68. The molecule has 0 atom stereocenters. The summed E-state index contributed by atoms with van der Waals surface area (Å²) in [6.45, 7) is 0. The highest BCUT2D eigenvalue weighted by atomic mass is 79.9. The number of phenols is 1. The molecule has 0 aliphatic heterocycles. The second-order valence-corrected chi connectivity index (χ2v) is 10.0. The topological polar surface area (TPSA) is 56.7 Å².